The van der Waals surface area contributed by atoms with E-state index in [0.717, 1.165) is 60.3 Å². The standard InChI is InChI=1S/C25H32N2O3/c1-24(2)13-18-8-22(30-3)19(14-26-29)7-20(18)21(27-24)9-23(28)25-10-15-4-16(11-25)6-17(5-15)12-25/h7-9,14-17,27,29H,4-6,10-13H2,1-3H3/b21-9-,26-14?. The maximum Gasteiger partial charge on any atom is 0.163 e. The molecule has 0 spiro atoms. The Hall–Kier alpha value is -2.30. The van der Waals surface area contributed by atoms with Gasteiger partial charge in [-0.05, 0) is 94.2 Å². The molecule has 4 saturated carbocycles. The summed E-state index contributed by atoms with van der Waals surface area (Å²) >= 11 is 0. The first-order valence-corrected chi connectivity index (χ1v) is 11.2. The average Bonchev–Trinajstić information content (AvgIpc) is 2.66. The zero-order valence-corrected chi connectivity index (χ0v) is 18.2. The van der Waals surface area contributed by atoms with E-state index in [9.17, 15) is 4.79 Å². The lowest BCUT2D eigenvalue weighted by Crippen LogP contribution is -2.50. The van der Waals surface area contributed by atoms with Gasteiger partial charge in [0, 0.05) is 33.9 Å². The van der Waals surface area contributed by atoms with E-state index in [1.54, 1.807) is 7.11 Å². The van der Waals surface area contributed by atoms with Crippen molar-refractivity contribution in [2.45, 2.75) is 64.3 Å². The molecule has 1 heterocycles. The highest BCUT2D eigenvalue weighted by Gasteiger charge is 2.54. The Labute approximate surface area is 178 Å². The average molecular weight is 409 g/mol. The van der Waals surface area contributed by atoms with Gasteiger partial charge in [-0.25, -0.2) is 0 Å². The Morgan fingerprint density at radius 3 is 2.37 bits per heavy atom. The molecule has 0 radical (unpaired) electrons. The van der Waals surface area contributed by atoms with E-state index >= 15 is 0 Å². The Morgan fingerprint density at radius 1 is 1.17 bits per heavy atom. The van der Waals surface area contributed by atoms with Crippen LogP contribution in [0, 0.1) is 23.2 Å². The van der Waals surface area contributed by atoms with Crippen LogP contribution in [0.4, 0.5) is 0 Å². The van der Waals surface area contributed by atoms with Crippen molar-refractivity contribution in [2.24, 2.45) is 28.3 Å². The van der Waals surface area contributed by atoms with Gasteiger partial charge in [0.15, 0.2) is 5.78 Å². The van der Waals surface area contributed by atoms with E-state index in [-0.39, 0.29) is 11.0 Å². The monoisotopic (exact) mass is 408 g/mol. The van der Waals surface area contributed by atoms with Crippen LogP contribution in [0.2, 0.25) is 0 Å². The smallest absolute Gasteiger partial charge is 0.163 e. The molecule has 4 aliphatic carbocycles. The van der Waals surface area contributed by atoms with Gasteiger partial charge in [0.1, 0.15) is 5.75 Å². The molecule has 0 atom stereocenters. The minimum absolute atomic E-state index is 0.146. The fraction of sp³-hybridized carbons (Fsp3) is 0.600. The summed E-state index contributed by atoms with van der Waals surface area (Å²) in [7, 11) is 1.62. The number of nitrogens with zero attached hydrogens (tertiary/aromatic N) is 1. The lowest BCUT2D eigenvalue weighted by molar-refractivity contribution is -0.138. The van der Waals surface area contributed by atoms with Crippen molar-refractivity contribution >= 4 is 17.7 Å². The zero-order valence-electron chi connectivity index (χ0n) is 18.2. The first-order valence-electron chi connectivity index (χ1n) is 11.2. The molecule has 5 nitrogen and oxygen atoms in total. The number of oxime groups is 1. The van der Waals surface area contributed by atoms with Gasteiger partial charge < -0.3 is 15.3 Å². The lowest BCUT2D eigenvalue weighted by atomic mass is 9.48. The third kappa shape index (κ3) is 3.23. The van der Waals surface area contributed by atoms with Crippen LogP contribution in [0.5, 0.6) is 5.75 Å². The van der Waals surface area contributed by atoms with Crippen LogP contribution in [0.15, 0.2) is 23.4 Å². The molecule has 160 valence electrons. The van der Waals surface area contributed by atoms with Gasteiger partial charge in [-0.3, -0.25) is 4.79 Å². The van der Waals surface area contributed by atoms with Gasteiger partial charge in [0.25, 0.3) is 0 Å². The number of carbonyl (C=O) groups is 1. The van der Waals surface area contributed by atoms with E-state index in [2.05, 4.69) is 24.3 Å². The van der Waals surface area contributed by atoms with Gasteiger partial charge in [-0.2, -0.15) is 0 Å². The molecule has 4 bridgehead atoms. The molecule has 5 aliphatic rings. The zero-order chi connectivity index (χ0) is 21.1. The second-order valence-corrected chi connectivity index (χ2v) is 10.8. The van der Waals surface area contributed by atoms with Crippen molar-refractivity contribution in [1.29, 1.82) is 0 Å². The Balaban J connectivity index is 1.55. The van der Waals surface area contributed by atoms with Crippen molar-refractivity contribution < 1.29 is 14.7 Å². The van der Waals surface area contributed by atoms with Crippen molar-refractivity contribution in [3.8, 4) is 5.75 Å². The molecular weight excluding hydrogens is 376 g/mol. The fourth-order valence-corrected chi connectivity index (χ4v) is 7.14. The third-order valence-corrected chi connectivity index (χ3v) is 7.88. The van der Waals surface area contributed by atoms with Crippen LogP contribution in [-0.4, -0.2) is 29.9 Å². The van der Waals surface area contributed by atoms with E-state index in [1.165, 1.54) is 25.5 Å². The number of nitrogens with one attached hydrogen (secondary N) is 1. The lowest BCUT2D eigenvalue weighted by Gasteiger charge is -2.55. The molecule has 1 aliphatic heterocycles. The van der Waals surface area contributed by atoms with Gasteiger partial charge in [0.2, 0.25) is 0 Å². The summed E-state index contributed by atoms with van der Waals surface area (Å²) in [6.45, 7) is 4.32. The molecule has 0 amide bonds. The second-order valence-electron chi connectivity index (χ2n) is 10.8. The third-order valence-electron chi connectivity index (χ3n) is 7.88. The van der Waals surface area contributed by atoms with E-state index in [4.69, 9.17) is 9.94 Å². The summed E-state index contributed by atoms with van der Waals surface area (Å²) in [6, 6.07) is 3.98. The minimum atomic E-state index is -0.155. The summed E-state index contributed by atoms with van der Waals surface area (Å²) in [4.78, 5) is 13.7. The Morgan fingerprint density at radius 2 is 1.80 bits per heavy atom. The first kappa shape index (κ1) is 19.7. The summed E-state index contributed by atoms with van der Waals surface area (Å²) in [5, 5.41) is 15.9. The quantitative estimate of drug-likeness (QED) is 0.332. The van der Waals surface area contributed by atoms with Crippen LogP contribution >= 0.6 is 0 Å². The second kappa shape index (κ2) is 6.86. The molecule has 1 aromatic rings. The van der Waals surface area contributed by atoms with Crippen LogP contribution in [0.25, 0.3) is 5.70 Å². The van der Waals surface area contributed by atoms with Crippen molar-refractivity contribution in [3.63, 3.8) is 0 Å². The maximum absolute atomic E-state index is 13.7. The summed E-state index contributed by atoms with van der Waals surface area (Å²) in [5.41, 5.74) is 3.44. The van der Waals surface area contributed by atoms with Crippen LogP contribution < -0.4 is 10.1 Å². The molecule has 0 aromatic heterocycles. The van der Waals surface area contributed by atoms with E-state index in [1.807, 2.05) is 18.2 Å². The number of carbonyl (C=O) groups excluding carboxylic acids is 1. The molecule has 1 aromatic carbocycles. The molecule has 0 saturated heterocycles. The van der Waals surface area contributed by atoms with Crippen molar-refractivity contribution in [2.75, 3.05) is 7.11 Å². The number of hydrogen-bond donors (Lipinski definition) is 2. The van der Waals surface area contributed by atoms with Gasteiger partial charge in [0.05, 0.1) is 13.3 Å². The van der Waals surface area contributed by atoms with Crippen LogP contribution in [0.3, 0.4) is 0 Å². The highest BCUT2D eigenvalue weighted by molar-refractivity contribution is 6.01. The molecule has 30 heavy (non-hydrogen) atoms. The van der Waals surface area contributed by atoms with Crippen molar-refractivity contribution in [1.82, 2.24) is 5.32 Å². The number of fused-ring (bicyclic) bond motifs is 1. The normalized spacial score (nSPS) is 34.8. The van der Waals surface area contributed by atoms with Crippen LogP contribution in [-0.2, 0) is 11.2 Å². The fourth-order valence-electron chi connectivity index (χ4n) is 7.14. The number of rotatable bonds is 4. The van der Waals surface area contributed by atoms with Gasteiger partial charge >= 0.3 is 0 Å². The Kier molecular flexibility index (Phi) is 4.49. The molecule has 4 fully saturated rings. The molecule has 5 heteroatoms. The van der Waals surface area contributed by atoms with E-state index in [0.29, 0.717) is 17.1 Å². The van der Waals surface area contributed by atoms with Crippen molar-refractivity contribution in [3.05, 3.63) is 34.9 Å². The largest absolute Gasteiger partial charge is 0.496 e. The SMILES string of the molecule is COc1cc2c(cc1C=NO)/C(=C/C(=O)C13CC4CC(CC(C4)C1)C3)NC(C)(C)C2. The molecular formula is C25H32N2O3. The van der Waals surface area contributed by atoms with Gasteiger partial charge in [-0.15, -0.1) is 0 Å². The number of methoxy groups -OCH3 is 1. The number of allylic oxidation sites excluding steroid dienone is 1. The molecule has 2 N–H and O–H groups in total. The molecule has 6 rings (SSSR count). The summed E-state index contributed by atoms with van der Waals surface area (Å²) in [6.07, 6.45) is 11.3. The highest BCUT2D eigenvalue weighted by Crippen LogP contribution is 2.60. The number of benzene rings is 1. The highest BCUT2D eigenvalue weighted by atomic mass is 16.5. The predicted octanol–water partition coefficient (Wildman–Crippen LogP) is 4.55. The molecule has 0 unspecified atom stereocenters. The van der Waals surface area contributed by atoms with E-state index < -0.39 is 0 Å². The number of hydrogen-bond acceptors (Lipinski definition) is 5. The van der Waals surface area contributed by atoms with Gasteiger partial charge in [-0.1, -0.05) is 5.16 Å². The minimum Gasteiger partial charge on any atom is -0.496 e. The predicted molar refractivity (Wildman–Crippen MR) is 117 cm³/mol. The number of ether oxygens (including phenoxy) is 1. The van der Waals surface area contributed by atoms with Crippen LogP contribution in [0.1, 0.15) is 69.1 Å². The first-order chi connectivity index (χ1) is 14.3. The maximum atomic E-state index is 13.7. The summed E-state index contributed by atoms with van der Waals surface area (Å²) < 4.78 is 5.50. The summed E-state index contributed by atoms with van der Waals surface area (Å²) in [5.74, 6) is 3.23. The number of ketones is 1. The topological polar surface area (TPSA) is 70.9 Å². The Bertz CT molecular complexity index is 909.